The Morgan fingerprint density at radius 3 is 2.14 bits per heavy atom. The van der Waals surface area contributed by atoms with E-state index in [0.29, 0.717) is 21.9 Å². The zero-order valence-corrected chi connectivity index (χ0v) is 25.7. The Labute approximate surface area is 256 Å². The number of hydrogen-bond donors (Lipinski definition) is 1. The normalized spacial score (nSPS) is 11.2. The molecule has 1 amide bonds. The first kappa shape index (κ1) is 29.4. The van der Waals surface area contributed by atoms with Crippen molar-refractivity contribution in [1.29, 1.82) is 0 Å². The van der Waals surface area contributed by atoms with Gasteiger partial charge in [0.05, 0.1) is 11.4 Å². The van der Waals surface area contributed by atoms with Crippen LogP contribution >= 0.6 is 23.4 Å². The van der Waals surface area contributed by atoms with Crippen LogP contribution in [0, 0.1) is 0 Å². The van der Waals surface area contributed by atoms with Gasteiger partial charge >= 0.3 is 0 Å². The molecule has 0 saturated carbocycles. The maximum Gasteiger partial charge on any atom is 0.234 e. The zero-order valence-electron chi connectivity index (χ0n) is 24.2. The van der Waals surface area contributed by atoms with Gasteiger partial charge in [-0.1, -0.05) is 73.6 Å². The summed E-state index contributed by atoms with van der Waals surface area (Å²) in [4.78, 5) is 15.3. The minimum absolute atomic E-state index is 0.115. The van der Waals surface area contributed by atoms with E-state index in [1.165, 1.54) is 17.3 Å². The summed E-state index contributed by atoms with van der Waals surface area (Å²) in [6, 6.07) is 34.3. The number of para-hydroxylation sites is 2. The van der Waals surface area contributed by atoms with E-state index >= 15 is 0 Å². The molecule has 0 bridgehead atoms. The van der Waals surface area contributed by atoms with Crippen molar-refractivity contribution in [3.8, 4) is 17.1 Å². The number of aromatic nitrogens is 3. The molecule has 1 N–H and O–H groups in total. The monoisotopic (exact) mass is 595 g/mol. The van der Waals surface area contributed by atoms with Crippen molar-refractivity contribution >= 4 is 46.3 Å². The molecule has 4 aromatic carbocycles. The maximum absolute atomic E-state index is 13.1. The van der Waals surface area contributed by atoms with E-state index in [4.69, 9.17) is 11.6 Å². The summed E-state index contributed by atoms with van der Waals surface area (Å²) >= 11 is 7.51. The first-order valence-electron chi connectivity index (χ1n) is 14.0. The van der Waals surface area contributed by atoms with Gasteiger partial charge in [0.1, 0.15) is 0 Å². The van der Waals surface area contributed by atoms with Gasteiger partial charge in [0.25, 0.3) is 0 Å². The molecule has 42 heavy (non-hydrogen) atoms. The molecule has 0 aliphatic heterocycles. The zero-order chi connectivity index (χ0) is 29.6. The van der Waals surface area contributed by atoms with Crippen LogP contribution in [0.3, 0.4) is 0 Å². The minimum Gasteiger partial charge on any atom is -0.339 e. The van der Waals surface area contributed by atoms with E-state index in [2.05, 4.69) is 72.4 Å². The number of hydrogen-bond acceptors (Lipinski definition) is 5. The summed E-state index contributed by atoms with van der Waals surface area (Å²) in [5.74, 6) is 1.06. The third-order valence-corrected chi connectivity index (χ3v) is 8.03. The average molecular weight is 596 g/mol. The minimum atomic E-state index is -0.115. The highest BCUT2D eigenvalue weighted by molar-refractivity contribution is 7.99. The predicted molar refractivity (Wildman–Crippen MR) is 175 cm³/mol. The van der Waals surface area contributed by atoms with Crippen molar-refractivity contribution in [3.63, 3.8) is 0 Å². The fourth-order valence-corrected chi connectivity index (χ4v) is 5.78. The number of thioether (sulfide) groups is 1. The third-order valence-electron chi connectivity index (χ3n) is 6.85. The Balaban J connectivity index is 1.35. The van der Waals surface area contributed by atoms with Gasteiger partial charge in [0.15, 0.2) is 11.0 Å². The van der Waals surface area contributed by atoms with Crippen LogP contribution in [0.25, 0.3) is 17.1 Å². The van der Waals surface area contributed by atoms with Gasteiger partial charge in [-0.2, -0.15) is 0 Å². The molecule has 1 aromatic heterocycles. The lowest BCUT2D eigenvalue weighted by Crippen LogP contribution is -2.25. The fourth-order valence-electron chi connectivity index (χ4n) is 4.91. The fraction of sp³-hybridized carbons (Fsp3) is 0.206. The molecule has 5 rings (SSSR count). The summed E-state index contributed by atoms with van der Waals surface area (Å²) in [5, 5.41) is 13.4. The summed E-state index contributed by atoms with van der Waals surface area (Å²) in [6.07, 6.45) is 0. The number of halogens is 1. The topological polar surface area (TPSA) is 63.1 Å². The van der Waals surface area contributed by atoms with Gasteiger partial charge in [-0.05, 0) is 92.1 Å². The quantitative estimate of drug-likeness (QED) is 0.163. The Morgan fingerprint density at radius 2 is 1.48 bits per heavy atom. The van der Waals surface area contributed by atoms with Crippen LogP contribution in [0.4, 0.5) is 17.1 Å². The molecule has 1 heterocycles. The Morgan fingerprint density at radius 1 is 0.833 bits per heavy atom. The first-order valence-corrected chi connectivity index (χ1v) is 15.4. The number of anilines is 3. The molecule has 0 radical (unpaired) electrons. The van der Waals surface area contributed by atoms with Crippen molar-refractivity contribution in [2.75, 3.05) is 16.0 Å². The molecule has 0 aliphatic carbocycles. The molecule has 6 nitrogen and oxygen atoms in total. The predicted octanol–water partition coefficient (Wildman–Crippen LogP) is 8.99. The summed E-state index contributed by atoms with van der Waals surface area (Å²) in [5.41, 5.74) is 6.00. The highest BCUT2D eigenvalue weighted by Gasteiger charge is 2.20. The lowest BCUT2D eigenvalue weighted by atomic mass is 10.0. The van der Waals surface area contributed by atoms with Gasteiger partial charge in [-0.25, -0.2) is 0 Å². The SMILES string of the molecule is CC(C)c1ccccc1-n1c(SCC(=O)Nc2ccc(N(c3ccccc3)C(C)C)cc2)nnc1-c1ccc(Cl)cc1. The van der Waals surface area contributed by atoms with Crippen LogP contribution in [-0.4, -0.2) is 32.5 Å². The van der Waals surface area contributed by atoms with Crippen LogP contribution in [0.2, 0.25) is 5.02 Å². The van der Waals surface area contributed by atoms with Crippen molar-refractivity contribution in [3.05, 3.63) is 114 Å². The number of amides is 1. The standard InChI is InChI=1S/C34H34ClN5OS/c1-23(2)30-12-8-9-13-31(30)40-33(25-14-16-26(35)17-15-25)37-38-34(40)42-22-32(41)36-27-18-20-29(21-19-27)39(24(3)4)28-10-6-5-7-11-28/h5-21,23-24H,22H2,1-4H3,(H,36,41). The molecule has 0 spiro atoms. The van der Waals surface area contributed by atoms with E-state index in [0.717, 1.165) is 28.3 Å². The van der Waals surface area contributed by atoms with Crippen LogP contribution < -0.4 is 10.2 Å². The lowest BCUT2D eigenvalue weighted by Gasteiger charge is -2.29. The Hall–Kier alpha value is -4.07. The van der Waals surface area contributed by atoms with E-state index in [9.17, 15) is 4.79 Å². The van der Waals surface area contributed by atoms with Gasteiger partial charge in [-0.15, -0.1) is 10.2 Å². The van der Waals surface area contributed by atoms with Crippen LogP contribution in [0.15, 0.2) is 108 Å². The largest absolute Gasteiger partial charge is 0.339 e. The van der Waals surface area contributed by atoms with Crippen LogP contribution in [0.1, 0.15) is 39.2 Å². The van der Waals surface area contributed by atoms with Crippen LogP contribution in [-0.2, 0) is 4.79 Å². The number of benzene rings is 4. The number of nitrogens with zero attached hydrogens (tertiary/aromatic N) is 4. The lowest BCUT2D eigenvalue weighted by molar-refractivity contribution is -0.113. The third kappa shape index (κ3) is 6.69. The highest BCUT2D eigenvalue weighted by Crippen LogP contribution is 2.33. The van der Waals surface area contributed by atoms with Gasteiger partial charge in [0.2, 0.25) is 5.91 Å². The Bertz CT molecular complexity index is 1630. The summed E-state index contributed by atoms with van der Waals surface area (Å²) < 4.78 is 2.04. The number of nitrogens with one attached hydrogen (secondary N) is 1. The molecule has 0 unspecified atom stereocenters. The van der Waals surface area contributed by atoms with Crippen molar-refractivity contribution in [1.82, 2.24) is 14.8 Å². The molecular formula is C34H34ClN5OS. The van der Waals surface area contributed by atoms with Gasteiger partial charge in [0, 0.05) is 33.7 Å². The van der Waals surface area contributed by atoms with E-state index in [-0.39, 0.29) is 17.7 Å². The second-order valence-electron chi connectivity index (χ2n) is 10.5. The molecule has 0 saturated heterocycles. The summed E-state index contributed by atoms with van der Waals surface area (Å²) in [6.45, 7) is 8.65. The molecule has 0 aliphatic rings. The second kappa shape index (κ2) is 13.3. The van der Waals surface area contributed by atoms with Crippen molar-refractivity contribution in [2.24, 2.45) is 0 Å². The highest BCUT2D eigenvalue weighted by atomic mass is 35.5. The first-order chi connectivity index (χ1) is 20.3. The number of rotatable bonds is 10. The molecule has 0 atom stereocenters. The summed E-state index contributed by atoms with van der Waals surface area (Å²) in [7, 11) is 0. The van der Waals surface area contributed by atoms with E-state index in [1.54, 1.807) is 0 Å². The van der Waals surface area contributed by atoms with Gasteiger partial charge in [-0.3, -0.25) is 9.36 Å². The van der Waals surface area contributed by atoms with Crippen LogP contribution in [0.5, 0.6) is 0 Å². The molecule has 0 fully saturated rings. The smallest absolute Gasteiger partial charge is 0.234 e. The Kier molecular flexibility index (Phi) is 9.30. The second-order valence-corrected chi connectivity index (χ2v) is 11.9. The molecule has 8 heteroatoms. The molecular weight excluding hydrogens is 562 g/mol. The maximum atomic E-state index is 13.1. The van der Waals surface area contributed by atoms with E-state index < -0.39 is 0 Å². The number of carbonyl (C=O) groups is 1. The van der Waals surface area contributed by atoms with Crippen molar-refractivity contribution in [2.45, 2.75) is 44.8 Å². The number of carbonyl (C=O) groups excluding carboxylic acids is 1. The molecule has 5 aromatic rings. The molecule has 214 valence electrons. The van der Waals surface area contributed by atoms with Gasteiger partial charge < -0.3 is 10.2 Å². The average Bonchev–Trinajstić information content (AvgIpc) is 3.41. The van der Waals surface area contributed by atoms with Crippen molar-refractivity contribution < 1.29 is 4.79 Å². The van der Waals surface area contributed by atoms with E-state index in [1.807, 2.05) is 83.4 Å².